The first kappa shape index (κ1) is 23.8. The van der Waals surface area contributed by atoms with Crippen LogP contribution in [0.25, 0.3) is 0 Å². The molecule has 7 nitrogen and oxygen atoms in total. The van der Waals surface area contributed by atoms with E-state index in [4.69, 9.17) is 5.26 Å². The Morgan fingerprint density at radius 1 is 1.22 bits per heavy atom. The number of carbonyl (C=O) groups excluding carboxylic acids is 2. The molecule has 1 aromatic heterocycles. The van der Waals surface area contributed by atoms with Crippen LogP contribution in [0.4, 0.5) is 24.5 Å². The van der Waals surface area contributed by atoms with Crippen molar-refractivity contribution < 1.29 is 22.8 Å². The van der Waals surface area contributed by atoms with Crippen LogP contribution in [-0.4, -0.2) is 42.7 Å². The fraction of sp³-hybridized carbons (Fsp3) is 0.280. The third-order valence-electron chi connectivity index (χ3n) is 6.43. The van der Waals surface area contributed by atoms with Crippen molar-refractivity contribution in [3.8, 4) is 6.07 Å². The molecule has 2 amide bonds. The molecule has 36 heavy (non-hydrogen) atoms. The van der Waals surface area contributed by atoms with Crippen molar-refractivity contribution in [3.05, 3.63) is 77.1 Å². The number of amides is 2. The summed E-state index contributed by atoms with van der Waals surface area (Å²) in [6.07, 6.45) is 0.894. The van der Waals surface area contributed by atoms with Crippen LogP contribution in [0.5, 0.6) is 0 Å². The van der Waals surface area contributed by atoms with E-state index in [1.54, 1.807) is 25.1 Å². The highest BCUT2D eigenvalue weighted by Crippen LogP contribution is 2.56. The Morgan fingerprint density at radius 2 is 1.92 bits per heavy atom. The molecule has 0 spiro atoms. The normalized spacial score (nSPS) is 20.4. The highest BCUT2D eigenvalue weighted by atomic mass is 28.1. The number of aromatic nitrogens is 2. The van der Waals surface area contributed by atoms with Crippen molar-refractivity contribution in [1.29, 1.82) is 5.26 Å². The second-order valence-corrected chi connectivity index (χ2v) is 10.3. The summed E-state index contributed by atoms with van der Waals surface area (Å²) < 4.78 is 44.6. The summed E-state index contributed by atoms with van der Waals surface area (Å²) in [4.78, 5) is 28.0. The molecule has 2 aromatic carbocycles. The van der Waals surface area contributed by atoms with E-state index in [0.29, 0.717) is 16.9 Å². The van der Waals surface area contributed by atoms with Gasteiger partial charge >= 0.3 is 5.92 Å². The molecule has 1 atom stereocenters. The molecule has 1 aliphatic carbocycles. The van der Waals surface area contributed by atoms with Gasteiger partial charge in [-0.15, -0.1) is 0 Å². The number of benzene rings is 2. The molecular weight excluding hydrogens is 487 g/mol. The van der Waals surface area contributed by atoms with E-state index in [1.165, 1.54) is 34.0 Å². The van der Waals surface area contributed by atoms with Crippen LogP contribution < -0.4 is 10.2 Å². The second kappa shape index (κ2) is 8.06. The van der Waals surface area contributed by atoms with Gasteiger partial charge in [-0.25, -0.2) is 4.39 Å². The smallest absolute Gasteiger partial charge is 0.306 e. The summed E-state index contributed by atoms with van der Waals surface area (Å²) in [5.74, 6) is -4.79. The molecule has 5 rings (SSSR count). The monoisotopic (exact) mass is 506 g/mol. The molecule has 2 heterocycles. The van der Waals surface area contributed by atoms with Gasteiger partial charge in [0.25, 0.3) is 11.8 Å². The number of fused-ring (bicyclic) bond motifs is 1. The number of carbonyl (C=O) groups is 2. The summed E-state index contributed by atoms with van der Waals surface area (Å²) in [6, 6.07) is 13.2. The first-order valence-corrected chi connectivity index (χ1v) is 11.6. The van der Waals surface area contributed by atoms with E-state index in [0.717, 1.165) is 12.1 Å². The van der Waals surface area contributed by atoms with E-state index in [-0.39, 0.29) is 30.6 Å². The number of nitrogens with zero attached hydrogens (tertiary/aromatic N) is 4. The topological polar surface area (TPSA) is 91.0 Å². The summed E-state index contributed by atoms with van der Waals surface area (Å²) in [7, 11) is 3.59. The molecule has 181 valence electrons. The molecule has 0 unspecified atom stereocenters. The van der Waals surface area contributed by atoms with Crippen molar-refractivity contribution in [3.63, 3.8) is 0 Å². The minimum absolute atomic E-state index is 0.0192. The first-order chi connectivity index (χ1) is 17.0. The number of nitrogens with one attached hydrogen (secondary N) is 1. The minimum atomic E-state index is -3.62. The van der Waals surface area contributed by atoms with E-state index in [2.05, 4.69) is 20.7 Å². The zero-order valence-corrected chi connectivity index (χ0v) is 20.1. The van der Waals surface area contributed by atoms with E-state index < -0.39 is 34.1 Å². The van der Waals surface area contributed by atoms with Gasteiger partial charge in [0.1, 0.15) is 5.69 Å². The maximum Gasteiger partial charge on any atom is 0.306 e. The lowest BCUT2D eigenvalue weighted by Gasteiger charge is -2.42. The van der Waals surface area contributed by atoms with Crippen LogP contribution >= 0.6 is 0 Å². The maximum absolute atomic E-state index is 14.5. The number of nitriles is 1. The predicted molar refractivity (Wildman–Crippen MR) is 126 cm³/mol. The molecule has 1 N–H and O–H groups in total. The lowest BCUT2D eigenvalue weighted by molar-refractivity contribution is -0.0939. The Balaban J connectivity index is 1.46. The Hall–Kier alpha value is -3.91. The molecule has 11 heteroatoms. The average Bonchev–Trinajstić information content (AvgIpc) is 3.46. The Labute approximate surface area is 207 Å². The summed E-state index contributed by atoms with van der Waals surface area (Å²) in [5, 5.41) is 14.9. The van der Waals surface area contributed by atoms with Crippen LogP contribution in [0.2, 0.25) is 0 Å². The molecule has 2 aliphatic rings. The van der Waals surface area contributed by atoms with Gasteiger partial charge in [0.05, 0.1) is 40.2 Å². The van der Waals surface area contributed by atoms with Gasteiger partial charge in [0.2, 0.25) is 0 Å². The lowest BCUT2D eigenvalue weighted by atomic mass is 10.0. The molecule has 3 aromatic rings. The van der Waals surface area contributed by atoms with Crippen molar-refractivity contribution in [2.75, 3.05) is 10.2 Å². The SMILES string of the molecule is C[C@]1([Si])Cn2ncc(C(=O)Nc3cccc(C#N)c3)c2C(=O)N1c1ccc(C(F)(F)C2(F)CC2)cc1. The Morgan fingerprint density at radius 3 is 2.56 bits per heavy atom. The molecule has 1 aliphatic heterocycles. The molecule has 3 radical (unpaired) electrons. The Kier molecular flexibility index (Phi) is 5.33. The van der Waals surface area contributed by atoms with Crippen LogP contribution in [-0.2, 0) is 12.5 Å². The molecule has 0 saturated heterocycles. The van der Waals surface area contributed by atoms with Gasteiger partial charge in [0, 0.05) is 22.1 Å². The number of halogens is 3. The molecular formula is C25H19F3N5O2Si. The second-order valence-electron chi connectivity index (χ2n) is 9.21. The third kappa shape index (κ3) is 3.78. The van der Waals surface area contributed by atoms with Gasteiger partial charge in [-0.2, -0.15) is 19.1 Å². The van der Waals surface area contributed by atoms with Crippen molar-refractivity contribution in [2.45, 2.75) is 43.1 Å². The molecule has 0 bridgehead atoms. The fourth-order valence-corrected chi connectivity index (χ4v) is 4.74. The number of anilines is 2. The maximum atomic E-state index is 14.5. The number of hydrogen-bond donors (Lipinski definition) is 1. The minimum Gasteiger partial charge on any atom is -0.322 e. The number of alkyl halides is 3. The highest BCUT2D eigenvalue weighted by molar-refractivity contribution is 6.25. The predicted octanol–water partition coefficient (Wildman–Crippen LogP) is 4.15. The zero-order chi connectivity index (χ0) is 25.9. The number of rotatable bonds is 5. The largest absolute Gasteiger partial charge is 0.322 e. The van der Waals surface area contributed by atoms with Gasteiger partial charge in [-0.3, -0.25) is 14.3 Å². The van der Waals surface area contributed by atoms with Crippen LogP contribution in [0.15, 0.2) is 54.7 Å². The van der Waals surface area contributed by atoms with Gasteiger partial charge in [-0.05, 0) is 50.1 Å². The quantitative estimate of drug-likeness (QED) is 0.527. The van der Waals surface area contributed by atoms with E-state index >= 15 is 0 Å². The summed E-state index contributed by atoms with van der Waals surface area (Å²) >= 11 is 0. The van der Waals surface area contributed by atoms with Gasteiger partial charge in [-0.1, -0.05) is 18.2 Å². The third-order valence-corrected chi connectivity index (χ3v) is 6.81. The fourth-order valence-electron chi connectivity index (χ4n) is 4.36. The molecule has 1 fully saturated rings. The summed E-state index contributed by atoms with van der Waals surface area (Å²) in [6.45, 7) is 1.87. The highest BCUT2D eigenvalue weighted by Gasteiger charge is 2.64. The number of hydrogen-bond acceptors (Lipinski definition) is 4. The van der Waals surface area contributed by atoms with Gasteiger partial charge in [0.15, 0.2) is 5.67 Å². The van der Waals surface area contributed by atoms with Crippen LogP contribution in [0.1, 0.15) is 51.7 Å². The van der Waals surface area contributed by atoms with Crippen LogP contribution in [0.3, 0.4) is 0 Å². The van der Waals surface area contributed by atoms with Crippen molar-refractivity contribution in [1.82, 2.24) is 9.78 Å². The Bertz CT molecular complexity index is 1420. The molecule has 1 saturated carbocycles. The van der Waals surface area contributed by atoms with E-state index in [1.807, 2.05) is 6.07 Å². The van der Waals surface area contributed by atoms with Crippen molar-refractivity contribution >= 4 is 33.4 Å². The first-order valence-electron chi connectivity index (χ1n) is 11.1. The standard InChI is InChI=1S/C25H19F3N5O2Si/c1-23(36)14-32-20(19(13-30-32)21(34)31-17-4-2-3-15(11-17)12-29)22(35)33(23)18-7-5-16(6-8-18)25(27,28)24(26)9-10-24/h2-8,11,13H,9-10,14H2,1H3,(H,31,34)/t23-/m0/s1. The van der Waals surface area contributed by atoms with Gasteiger partial charge < -0.3 is 10.2 Å². The summed E-state index contributed by atoms with van der Waals surface area (Å²) in [5.41, 5.74) is -1.92. The average molecular weight is 507 g/mol. The zero-order valence-electron chi connectivity index (χ0n) is 19.1. The lowest BCUT2D eigenvalue weighted by Crippen LogP contribution is -2.58. The van der Waals surface area contributed by atoms with E-state index in [9.17, 15) is 22.8 Å². The van der Waals surface area contributed by atoms with Crippen LogP contribution in [0, 0.1) is 11.3 Å². The van der Waals surface area contributed by atoms with Crippen molar-refractivity contribution in [2.24, 2.45) is 0 Å².